The number of carbonyl (C=O) groups excluding carboxylic acids is 1. The fraction of sp³-hybridized carbons (Fsp3) is 0.889. The van der Waals surface area contributed by atoms with E-state index in [9.17, 15) is 15.0 Å². The lowest BCUT2D eigenvalue weighted by Gasteiger charge is -2.59. The highest BCUT2D eigenvalue weighted by Crippen LogP contribution is 2.68. The van der Waals surface area contributed by atoms with Crippen LogP contribution in [0.25, 0.3) is 0 Å². The van der Waals surface area contributed by atoms with Gasteiger partial charge < -0.3 is 10.2 Å². The summed E-state index contributed by atoms with van der Waals surface area (Å²) in [5, 5.41) is 20.7. The van der Waals surface area contributed by atoms with E-state index < -0.39 is 11.6 Å². The molecule has 3 fully saturated rings. The lowest BCUT2D eigenvalue weighted by atomic mass is 9.46. The quantitative estimate of drug-likeness (QED) is 0.550. The van der Waals surface area contributed by atoms with Gasteiger partial charge in [-0.2, -0.15) is 0 Å². The molecule has 3 heteroatoms. The standard InChI is InChI=1S/C27H44O3/c1-17(2)7-6-8-18(3)21-11-12-22-20-10-9-19-15-24(28)27(29,30)16-26(19,5)23(20)13-14-25(21,22)4/h15,17-18,20-23,29-30H,6-14,16H2,1-5H3/t18-,20+,21-,22+,23+,25-,26+/m1/s1. The van der Waals surface area contributed by atoms with Crippen LogP contribution in [0.4, 0.5) is 0 Å². The summed E-state index contributed by atoms with van der Waals surface area (Å²) < 4.78 is 0. The van der Waals surface area contributed by atoms with Gasteiger partial charge in [-0.05, 0) is 90.9 Å². The molecule has 0 aromatic rings. The SMILES string of the molecule is CC(C)CCC[C@@H](C)[C@H]1CC[C@H]2[C@@H]3CCC4=CC(=O)C(O)(O)C[C@]4(C)[C@H]3CC[C@]12C. The molecule has 0 aromatic carbocycles. The van der Waals surface area contributed by atoms with Crippen LogP contribution in [0.1, 0.15) is 98.8 Å². The molecule has 30 heavy (non-hydrogen) atoms. The number of ketones is 1. The molecule has 0 aromatic heterocycles. The predicted molar refractivity (Wildman–Crippen MR) is 121 cm³/mol. The Kier molecular flexibility index (Phi) is 5.80. The molecular weight excluding hydrogens is 372 g/mol. The Morgan fingerprint density at radius 1 is 1.03 bits per heavy atom. The molecule has 0 radical (unpaired) electrons. The Labute approximate surface area is 183 Å². The zero-order valence-electron chi connectivity index (χ0n) is 19.9. The molecule has 0 aliphatic heterocycles. The maximum atomic E-state index is 12.2. The van der Waals surface area contributed by atoms with Crippen LogP contribution < -0.4 is 0 Å². The van der Waals surface area contributed by atoms with Crippen LogP contribution in [0.2, 0.25) is 0 Å². The fourth-order valence-electron chi connectivity index (χ4n) is 8.71. The van der Waals surface area contributed by atoms with E-state index in [-0.39, 0.29) is 11.8 Å². The average Bonchev–Trinajstić information content (AvgIpc) is 2.99. The van der Waals surface area contributed by atoms with Gasteiger partial charge in [0.1, 0.15) is 0 Å². The number of hydrogen-bond donors (Lipinski definition) is 2. The summed E-state index contributed by atoms with van der Waals surface area (Å²) in [7, 11) is 0. The molecule has 4 aliphatic rings. The van der Waals surface area contributed by atoms with E-state index in [1.807, 2.05) is 0 Å². The molecule has 170 valence electrons. The van der Waals surface area contributed by atoms with Crippen molar-refractivity contribution in [2.24, 2.45) is 46.3 Å². The summed E-state index contributed by atoms with van der Waals surface area (Å²) in [6.07, 6.45) is 13.1. The number of allylic oxidation sites excluding steroid dienone is 1. The van der Waals surface area contributed by atoms with Gasteiger partial charge in [0.2, 0.25) is 11.6 Å². The lowest BCUT2D eigenvalue weighted by Crippen LogP contribution is -2.55. The van der Waals surface area contributed by atoms with Gasteiger partial charge in [0, 0.05) is 6.42 Å². The Hall–Kier alpha value is -0.670. The second kappa shape index (κ2) is 7.73. The van der Waals surface area contributed by atoms with Crippen LogP contribution >= 0.6 is 0 Å². The van der Waals surface area contributed by atoms with Gasteiger partial charge in [-0.25, -0.2) is 0 Å². The van der Waals surface area contributed by atoms with Crippen LogP contribution in [0.5, 0.6) is 0 Å². The first kappa shape index (κ1) is 22.5. The molecule has 2 N–H and O–H groups in total. The van der Waals surface area contributed by atoms with Gasteiger partial charge in [0.25, 0.3) is 0 Å². The summed E-state index contributed by atoms with van der Waals surface area (Å²) in [4.78, 5) is 12.2. The van der Waals surface area contributed by atoms with Crippen molar-refractivity contribution in [2.75, 3.05) is 0 Å². The first-order valence-corrected chi connectivity index (χ1v) is 12.7. The van der Waals surface area contributed by atoms with E-state index in [1.54, 1.807) is 6.08 Å². The molecule has 3 saturated carbocycles. The van der Waals surface area contributed by atoms with Crippen LogP contribution in [0.3, 0.4) is 0 Å². The van der Waals surface area contributed by atoms with Crippen molar-refractivity contribution in [3.05, 3.63) is 11.6 Å². The highest BCUT2D eigenvalue weighted by molar-refractivity contribution is 5.97. The Balaban J connectivity index is 1.53. The maximum absolute atomic E-state index is 12.2. The van der Waals surface area contributed by atoms with E-state index in [4.69, 9.17) is 0 Å². The van der Waals surface area contributed by atoms with E-state index in [0.29, 0.717) is 17.3 Å². The molecule has 4 aliphatic carbocycles. The minimum absolute atomic E-state index is 0.185. The molecule has 0 bridgehead atoms. The van der Waals surface area contributed by atoms with Gasteiger partial charge in [-0.15, -0.1) is 0 Å². The number of fused-ring (bicyclic) bond motifs is 5. The summed E-state index contributed by atoms with van der Waals surface area (Å²) in [5.74, 6) is 1.67. The van der Waals surface area contributed by atoms with Gasteiger partial charge in [-0.1, -0.05) is 59.5 Å². The van der Waals surface area contributed by atoms with Crippen molar-refractivity contribution in [3.63, 3.8) is 0 Å². The first-order chi connectivity index (χ1) is 14.0. The molecule has 0 unspecified atom stereocenters. The Morgan fingerprint density at radius 3 is 2.47 bits per heavy atom. The van der Waals surface area contributed by atoms with Crippen LogP contribution in [-0.2, 0) is 4.79 Å². The van der Waals surface area contributed by atoms with Gasteiger partial charge in [0.15, 0.2) is 0 Å². The van der Waals surface area contributed by atoms with Crippen molar-refractivity contribution >= 4 is 5.78 Å². The molecular formula is C27H44O3. The zero-order valence-corrected chi connectivity index (χ0v) is 19.9. The second-order valence-corrected chi connectivity index (χ2v) is 12.4. The number of hydrogen-bond acceptors (Lipinski definition) is 3. The fourth-order valence-corrected chi connectivity index (χ4v) is 8.71. The zero-order chi connectivity index (χ0) is 21.9. The van der Waals surface area contributed by atoms with E-state index >= 15 is 0 Å². The lowest BCUT2D eigenvalue weighted by molar-refractivity contribution is -0.199. The number of aliphatic hydroxyl groups is 2. The highest BCUT2D eigenvalue weighted by Gasteiger charge is 2.61. The molecule has 0 saturated heterocycles. The maximum Gasteiger partial charge on any atom is 0.228 e. The van der Waals surface area contributed by atoms with Gasteiger partial charge >= 0.3 is 0 Å². The molecule has 7 atom stereocenters. The van der Waals surface area contributed by atoms with E-state index in [1.165, 1.54) is 56.9 Å². The molecule has 0 heterocycles. The van der Waals surface area contributed by atoms with E-state index in [0.717, 1.165) is 30.1 Å². The van der Waals surface area contributed by atoms with Crippen molar-refractivity contribution in [3.8, 4) is 0 Å². The van der Waals surface area contributed by atoms with Crippen LogP contribution in [0, 0.1) is 46.3 Å². The molecule has 0 amide bonds. The van der Waals surface area contributed by atoms with Crippen molar-refractivity contribution in [1.29, 1.82) is 0 Å². The summed E-state index contributed by atoms with van der Waals surface area (Å²) >= 11 is 0. The largest absolute Gasteiger partial charge is 0.359 e. The monoisotopic (exact) mass is 416 g/mol. The molecule has 3 nitrogen and oxygen atoms in total. The number of rotatable bonds is 5. The topological polar surface area (TPSA) is 57.5 Å². The molecule has 0 spiro atoms. The third kappa shape index (κ3) is 3.52. The van der Waals surface area contributed by atoms with Crippen molar-refractivity contribution in [2.45, 2.75) is 105 Å². The smallest absolute Gasteiger partial charge is 0.228 e. The normalized spacial score (nSPS) is 43.6. The van der Waals surface area contributed by atoms with Crippen LogP contribution in [0.15, 0.2) is 11.6 Å². The van der Waals surface area contributed by atoms with Crippen molar-refractivity contribution < 1.29 is 15.0 Å². The average molecular weight is 417 g/mol. The summed E-state index contributed by atoms with van der Waals surface area (Å²) in [6, 6.07) is 0. The third-order valence-electron chi connectivity index (χ3n) is 10.3. The second-order valence-electron chi connectivity index (χ2n) is 12.4. The van der Waals surface area contributed by atoms with Crippen LogP contribution in [-0.4, -0.2) is 21.8 Å². The minimum atomic E-state index is -2.18. The molecule has 4 rings (SSSR count). The summed E-state index contributed by atoms with van der Waals surface area (Å²) in [5.41, 5.74) is 1.39. The highest BCUT2D eigenvalue weighted by atomic mass is 16.5. The van der Waals surface area contributed by atoms with E-state index in [2.05, 4.69) is 34.6 Å². The first-order valence-electron chi connectivity index (χ1n) is 12.7. The summed E-state index contributed by atoms with van der Waals surface area (Å²) in [6.45, 7) is 12.0. The Morgan fingerprint density at radius 2 is 1.77 bits per heavy atom. The third-order valence-corrected chi connectivity index (χ3v) is 10.3. The number of carbonyl (C=O) groups is 1. The Bertz CT molecular complexity index is 707. The minimum Gasteiger partial charge on any atom is -0.359 e. The van der Waals surface area contributed by atoms with Gasteiger partial charge in [-0.3, -0.25) is 4.79 Å². The predicted octanol–water partition coefficient (Wildman–Crippen LogP) is 5.89. The van der Waals surface area contributed by atoms with Gasteiger partial charge in [0.05, 0.1) is 0 Å². The van der Waals surface area contributed by atoms with Crippen molar-refractivity contribution in [1.82, 2.24) is 0 Å².